The Kier molecular flexibility index (Phi) is 4.14. The van der Waals surface area contributed by atoms with E-state index in [2.05, 4.69) is 60.7 Å². The minimum Gasteiger partial charge on any atom is -0.383 e. The largest absolute Gasteiger partial charge is 0.383 e. The lowest BCUT2D eigenvalue weighted by atomic mass is 9.83. The molecule has 0 spiro atoms. The smallest absolute Gasteiger partial charge is 0.141 e. The molecule has 0 aliphatic carbocycles. The van der Waals surface area contributed by atoms with Crippen molar-refractivity contribution in [3.05, 3.63) is 51.9 Å². The van der Waals surface area contributed by atoms with Crippen LogP contribution in [0.1, 0.15) is 50.7 Å². The van der Waals surface area contributed by atoms with Crippen LogP contribution in [0.5, 0.6) is 0 Å². The first-order valence-corrected chi connectivity index (χ1v) is 7.52. The van der Waals surface area contributed by atoms with Crippen LogP contribution < -0.4 is 5.73 Å². The first-order valence-electron chi connectivity index (χ1n) is 6.73. The molecule has 3 nitrogen and oxygen atoms in total. The van der Waals surface area contributed by atoms with Crippen molar-refractivity contribution in [2.45, 2.75) is 39.0 Å². The molecule has 2 N–H and O–H groups in total. The molecule has 0 saturated heterocycles. The maximum Gasteiger partial charge on any atom is 0.141 e. The molecular formula is C16H20BrN3. The molecule has 0 bridgehead atoms. The zero-order valence-electron chi connectivity index (χ0n) is 12.3. The molecule has 0 radical (unpaired) electrons. The van der Waals surface area contributed by atoms with Gasteiger partial charge in [0.15, 0.2) is 0 Å². The lowest BCUT2D eigenvalue weighted by molar-refractivity contribution is 0.581. The van der Waals surface area contributed by atoms with Gasteiger partial charge in [-0.15, -0.1) is 0 Å². The number of nitrogens with zero attached hydrogens (tertiary/aromatic N) is 2. The predicted molar refractivity (Wildman–Crippen MR) is 86.8 cm³/mol. The Bertz CT molecular complexity index is 607. The molecule has 0 aliphatic rings. The number of rotatable bonds is 3. The van der Waals surface area contributed by atoms with Gasteiger partial charge in [0.25, 0.3) is 0 Å². The van der Waals surface area contributed by atoms with Crippen LogP contribution in [-0.2, 0) is 5.41 Å². The summed E-state index contributed by atoms with van der Waals surface area (Å²) in [7, 11) is 0. The average Bonchev–Trinajstić information content (AvgIpc) is 2.42. The molecule has 0 saturated carbocycles. The Hall–Kier alpha value is -1.42. The summed E-state index contributed by atoms with van der Waals surface area (Å²) in [5.74, 6) is 1.55. The summed E-state index contributed by atoms with van der Waals surface area (Å²) in [5.41, 5.74) is 7.89. The molecule has 0 unspecified atom stereocenters. The highest BCUT2D eigenvalue weighted by molar-refractivity contribution is 9.10. The van der Waals surface area contributed by atoms with Crippen LogP contribution >= 0.6 is 15.9 Å². The van der Waals surface area contributed by atoms with Crippen LogP contribution in [0.4, 0.5) is 5.82 Å². The first-order chi connectivity index (χ1) is 9.34. The summed E-state index contributed by atoms with van der Waals surface area (Å²) in [4.78, 5) is 9.23. The van der Waals surface area contributed by atoms with E-state index in [0.29, 0.717) is 11.7 Å². The van der Waals surface area contributed by atoms with Crippen molar-refractivity contribution in [1.29, 1.82) is 0 Å². The molecule has 106 valence electrons. The highest BCUT2D eigenvalue weighted by atomic mass is 79.9. The lowest BCUT2D eigenvalue weighted by Crippen LogP contribution is -2.24. The van der Waals surface area contributed by atoms with E-state index in [9.17, 15) is 0 Å². The van der Waals surface area contributed by atoms with Crippen LogP contribution in [0.3, 0.4) is 0 Å². The fourth-order valence-electron chi connectivity index (χ4n) is 2.13. The van der Waals surface area contributed by atoms with Crippen LogP contribution in [0.2, 0.25) is 0 Å². The number of nitrogen functional groups attached to an aromatic ring is 1. The summed E-state index contributed by atoms with van der Waals surface area (Å²) in [6.45, 7) is 8.45. The minimum atomic E-state index is -0.278. The van der Waals surface area contributed by atoms with E-state index in [-0.39, 0.29) is 5.41 Å². The van der Waals surface area contributed by atoms with Crippen molar-refractivity contribution < 1.29 is 0 Å². The van der Waals surface area contributed by atoms with E-state index in [1.54, 1.807) is 0 Å². The second kappa shape index (κ2) is 5.52. The van der Waals surface area contributed by atoms with Gasteiger partial charge in [-0.1, -0.05) is 44.2 Å². The van der Waals surface area contributed by atoms with Crippen LogP contribution in [0, 0.1) is 0 Å². The molecule has 0 atom stereocenters. The zero-order valence-corrected chi connectivity index (χ0v) is 13.9. The monoisotopic (exact) mass is 333 g/mol. The van der Waals surface area contributed by atoms with Crippen molar-refractivity contribution >= 4 is 21.7 Å². The van der Waals surface area contributed by atoms with Gasteiger partial charge < -0.3 is 5.73 Å². The highest BCUT2D eigenvalue weighted by Gasteiger charge is 2.28. The van der Waals surface area contributed by atoms with Crippen molar-refractivity contribution in [2.24, 2.45) is 0 Å². The third kappa shape index (κ3) is 2.70. The van der Waals surface area contributed by atoms with Crippen molar-refractivity contribution in [3.8, 4) is 0 Å². The molecule has 0 amide bonds. The quantitative estimate of drug-likeness (QED) is 0.912. The average molecular weight is 334 g/mol. The van der Waals surface area contributed by atoms with Gasteiger partial charge in [0.05, 0.1) is 10.2 Å². The Balaban J connectivity index is 2.58. The highest BCUT2D eigenvalue weighted by Crippen LogP contribution is 2.33. The number of halogens is 1. The number of hydrogen-bond donors (Lipinski definition) is 1. The normalized spacial score (nSPS) is 11.9. The number of aromatic nitrogens is 2. The van der Waals surface area contributed by atoms with E-state index in [0.717, 1.165) is 16.0 Å². The van der Waals surface area contributed by atoms with E-state index in [1.165, 1.54) is 5.56 Å². The fraction of sp³-hybridized carbons (Fsp3) is 0.375. The fourth-order valence-corrected chi connectivity index (χ4v) is 2.76. The van der Waals surface area contributed by atoms with Gasteiger partial charge in [-0.25, -0.2) is 9.97 Å². The number of nitrogens with two attached hydrogens (primary N) is 1. The zero-order chi connectivity index (χ0) is 14.9. The van der Waals surface area contributed by atoms with E-state index in [1.807, 2.05) is 18.2 Å². The standard InChI is InChI=1S/C16H20BrN3/c1-10(2)13-12(17)14(18)20-15(19-13)16(3,4)11-8-6-5-7-9-11/h5-10H,1-4H3,(H2,18,19,20). The molecule has 0 aliphatic heterocycles. The van der Waals surface area contributed by atoms with Crippen LogP contribution in [-0.4, -0.2) is 9.97 Å². The molecule has 2 rings (SSSR count). The summed E-state index contributed by atoms with van der Waals surface area (Å²) in [5, 5.41) is 0. The van der Waals surface area contributed by atoms with E-state index < -0.39 is 0 Å². The van der Waals surface area contributed by atoms with Gasteiger partial charge in [-0.05, 0) is 41.3 Å². The van der Waals surface area contributed by atoms with E-state index >= 15 is 0 Å². The van der Waals surface area contributed by atoms with Crippen molar-refractivity contribution in [2.75, 3.05) is 5.73 Å². The second-order valence-electron chi connectivity index (χ2n) is 5.78. The number of benzene rings is 1. The summed E-state index contributed by atoms with van der Waals surface area (Å²) in [6.07, 6.45) is 0. The molecule has 1 aromatic carbocycles. The van der Waals surface area contributed by atoms with Gasteiger partial charge >= 0.3 is 0 Å². The maximum absolute atomic E-state index is 6.04. The summed E-state index contributed by atoms with van der Waals surface area (Å²) >= 11 is 3.49. The molecule has 20 heavy (non-hydrogen) atoms. The third-order valence-electron chi connectivity index (χ3n) is 3.50. The molecule has 1 aromatic heterocycles. The van der Waals surface area contributed by atoms with E-state index in [4.69, 9.17) is 10.7 Å². The second-order valence-corrected chi connectivity index (χ2v) is 6.57. The summed E-state index contributed by atoms with van der Waals surface area (Å²) < 4.78 is 0.806. The van der Waals surface area contributed by atoms with Crippen LogP contribution in [0.15, 0.2) is 34.8 Å². The maximum atomic E-state index is 6.04. The molecule has 1 heterocycles. The van der Waals surface area contributed by atoms with Crippen molar-refractivity contribution in [3.63, 3.8) is 0 Å². The predicted octanol–water partition coefficient (Wildman–Crippen LogP) is 4.27. The van der Waals surface area contributed by atoms with Gasteiger partial charge in [-0.2, -0.15) is 0 Å². The molecular weight excluding hydrogens is 314 g/mol. The summed E-state index contributed by atoms with van der Waals surface area (Å²) in [6, 6.07) is 10.3. The third-order valence-corrected chi connectivity index (χ3v) is 4.32. The van der Waals surface area contributed by atoms with Gasteiger partial charge in [0.1, 0.15) is 11.6 Å². The first kappa shape index (κ1) is 15.0. The van der Waals surface area contributed by atoms with Crippen LogP contribution in [0.25, 0.3) is 0 Å². The topological polar surface area (TPSA) is 51.8 Å². The SMILES string of the molecule is CC(C)c1nc(C(C)(C)c2ccccc2)nc(N)c1Br. The number of hydrogen-bond acceptors (Lipinski definition) is 3. The molecule has 4 heteroatoms. The van der Waals surface area contributed by atoms with Gasteiger partial charge in [-0.3, -0.25) is 0 Å². The van der Waals surface area contributed by atoms with Crippen molar-refractivity contribution in [1.82, 2.24) is 9.97 Å². The Morgan fingerprint density at radius 2 is 1.70 bits per heavy atom. The van der Waals surface area contributed by atoms with Gasteiger partial charge in [0, 0.05) is 5.41 Å². The Labute approximate surface area is 128 Å². The lowest BCUT2D eigenvalue weighted by Gasteiger charge is -2.25. The molecule has 0 fully saturated rings. The number of anilines is 1. The van der Waals surface area contributed by atoms with Gasteiger partial charge in [0.2, 0.25) is 0 Å². The minimum absolute atomic E-state index is 0.278. The Morgan fingerprint density at radius 1 is 1.10 bits per heavy atom. The Morgan fingerprint density at radius 3 is 2.25 bits per heavy atom. The molecule has 2 aromatic rings.